The first-order chi connectivity index (χ1) is 9.58. The SMILES string of the molecule is Cc1ccc(COC(C)C(=O)c2ccccc2)c(C)c1. The lowest BCUT2D eigenvalue weighted by molar-refractivity contribution is 0.0410. The summed E-state index contributed by atoms with van der Waals surface area (Å²) in [5.74, 6) is 0.0235. The van der Waals surface area contributed by atoms with Crippen molar-refractivity contribution in [3.05, 3.63) is 70.8 Å². The third kappa shape index (κ3) is 3.55. The van der Waals surface area contributed by atoms with Crippen LogP contribution in [-0.2, 0) is 11.3 Å². The highest BCUT2D eigenvalue weighted by molar-refractivity contribution is 5.99. The molecule has 0 aliphatic carbocycles. The van der Waals surface area contributed by atoms with Gasteiger partial charge >= 0.3 is 0 Å². The Labute approximate surface area is 120 Å². The fourth-order valence-corrected chi connectivity index (χ4v) is 2.14. The van der Waals surface area contributed by atoms with Crippen LogP contribution in [0.2, 0.25) is 0 Å². The quantitative estimate of drug-likeness (QED) is 0.763. The average molecular weight is 268 g/mol. The molecule has 1 atom stereocenters. The Hall–Kier alpha value is -1.93. The van der Waals surface area contributed by atoms with Crippen molar-refractivity contribution in [1.82, 2.24) is 0 Å². The topological polar surface area (TPSA) is 26.3 Å². The molecule has 0 saturated carbocycles. The van der Waals surface area contributed by atoms with Crippen molar-refractivity contribution in [3.63, 3.8) is 0 Å². The molecular weight excluding hydrogens is 248 g/mol. The number of carbonyl (C=O) groups excluding carboxylic acids is 1. The van der Waals surface area contributed by atoms with Crippen molar-refractivity contribution < 1.29 is 9.53 Å². The van der Waals surface area contributed by atoms with Crippen molar-refractivity contribution in [2.24, 2.45) is 0 Å². The zero-order chi connectivity index (χ0) is 14.5. The molecule has 0 amide bonds. The summed E-state index contributed by atoms with van der Waals surface area (Å²) in [5, 5.41) is 0. The number of Topliss-reactive ketones (excluding diaryl/α,β-unsaturated/α-hetero) is 1. The zero-order valence-corrected chi connectivity index (χ0v) is 12.2. The van der Waals surface area contributed by atoms with Crippen molar-refractivity contribution >= 4 is 5.78 Å². The molecule has 0 N–H and O–H groups in total. The molecule has 0 radical (unpaired) electrons. The highest BCUT2D eigenvalue weighted by Gasteiger charge is 2.15. The summed E-state index contributed by atoms with van der Waals surface area (Å²) in [6.07, 6.45) is -0.432. The highest BCUT2D eigenvalue weighted by Crippen LogP contribution is 2.14. The van der Waals surface area contributed by atoms with Gasteiger partial charge in [0.1, 0.15) is 6.10 Å². The molecule has 0 aliphatic heterocycles. The third-order valence-corrected chi connectivity index (χ3v) is 3.41. The van der Waals surface area contributed by atoms with Gasteiger partial charge in [-0.1, -0.05) is 54.1 Å². The number of benzene rings is 2. The largest absolute Gasteiger partial charge is 0.366 e. The Morgan fingerprint density at radius 2 is 1.80 bits per heavy atom. The van der Waals surface area contributed by atoms with Gasteiger partial charge in [0.25, 0.3) is 0 Å². The van der Waals surface area contributed by atoms with Crippen LogP contribution in [0.15, 0.2) is 48.5 Å². The van der Waals surface area contributed by atoms with Gasteiger partial charge in [0.05, 0.1) is 6.61 Å². The Kier molecular flexibility index (Phi) is 4.70. The lowest BCUT2D eigenvalue weighted by Gasteiger charge is -2.13. The molecule has 2 rings (SSSR count). The van der Waals surface area contributed by atoms with Gasteiger partial charge in [-0.3, -0.25) is 4.79 Å². The van der Waals surface area contributed by atoms with E-state index in [4.69, 9.17) is 4.74 Å². The van der Waals surface area contributed by atoms with Gasteiger partial charge in [0.2, 0.25) is 0 Å². The molecule has 1 unspecified atom stereocenters. The van der Waals surface area contributed by atoms with Crippen LogP contribution in [0.1, 0.15) is 34.0 Å². The van der Waals surface area contributed by atoms with Crippen LogP contribution in [-0.4, -0.2) is 11.9 Å². The molecule has 2 aromatic rings. The normalized spacial score (nSPS) is 12.2. The predicted molar refractivity (Wildman–Crippen MR) is 80.9 cm³/mol. The lowest BCUT2D eigenvalue weighted by atomic mass is 10.1. The number of hydrogen-bond donors (Lipinski definition) is 0. The van der Waals surface area contributed by atoms with E-state index in [2.05, 4.69) is 32.0 Å². The molecule has 0 fully saturated rings. The van der Waals surface area contributed by atoms with Crippen LogP contribution in [0.25, 0.3) is 0 Å². The third-order valence-electron chi connectivity index (χ3n) is 3.41. The van der Waals surface area contributed by atoms with Crippen LogP contribution in [0, 0.1) is 13.8 Å². The van der Waals surface area contributed by atoms with E-state index in [-0.39, 0.29) is 5.78 Å². The predicted octanol–water partition coefficient (Wildman–Crippen LogP) is 4.09. The van der Waals surface area contributed by atoms with Crippen molar-refractivity contribution in [3.8, 4) is 0 Å². The van der Waals surface area contributed by atoms with E-state index in [1.165, 1.54) is 11.1 Å². The summed E-state index contributed by atoms with van der Waals surface area (Å²) >= 11 is 0. The van der Waals surface area contributed by atoms with Crippen LogP contribution in [0.5, 0.6) is 0 Å². The summed E-state index contributed by atoms with van der Waals surface area (Å²) in [6, 6.07) is 15.5. The van der Waals surface area contributed by atoms with Crippen LogP contribution in [0.3, 0.4) is 0 Å². The Morgan fingerprint density at radius 1 is 1.10 bits per heavy atom. The zero-order valence-electron chi connectivity index (χ0n) is 12.2. The Morgan fingerprint density at radius 3 is 2.45 bits per heavy atom. The maximum absolute atomic E-state index is 12.2. The second kappa shape index (κ2) is 6.49. The van der Waals surface area contributed by atoms with E-state index in [1.807, 2.05) is 30.3 Å². The molecule has 0 saturated heterocycles. The number of hydrogen-bond acceptors (Lipinski definition) is 2. The van der Waals surface area contributed by atoms with Gasteiger partial charge in [-0.2, -0.15) is 0 Å². The van der Waals surface area contributed by atoms with Crippen LogP contribution < -0.4 is 0 Å². The van der Waals surface area contributed by atoms with E-state index in [1.54, 1.807) is 6.92 Å². The maximum atomic E-state index is 12.2. The molecule has 0 bridgehead atoms. The number of ether oxygens (including phenoxy) is 1. The molecule has 2 nitrogen and oxygen atoms in total. The van der Waals surface area contributed by atoms with E-state index < -0.39 is 6.10 Å². The van der Waals surface area contributed by atoms with E-state index >= 15 is 0 Å². The van der Waals surface area contributed by atoms with Crippen molar-refractivity contribution in [2.75, 3.05) is 0 Å². The first-order valence-electron chi connectivity index (χ1n) is 6.85. The van der Waals surface area contributed by atoms with Gasteiger partial charge in [0, 0.05) is 5.56 Å². The summed E-state index contributed by atoms with van der Waals surface area (Å²) < 4.78 is 5.72. The number of carbonyl (C=O) groups is 1. The lowest BCUT2D eigenvalue weighted by Crippen LogP contribution is -2.20. The summed E-state index contributed by atoms with van der Waals surface area (Å²) in [6.45, 7) is 6.40. The van der Waals surface area contributed by atoms with Crippen LogP contribution >= 0.6 is 0 Å². The molecule has 104 valence electrons. The van der Waals surface area contributed by atoms with E-state index in [0.29, 0.717) is 12.2 Å². The highest BCUT2D eigenvalue weighted by atomic mass is 16.5. The monoisotopic (exact) mass is 268 g/mol. The van der Waals surface area contributed by atoms with Crippen molar-refractivity contribution in [1.29, 1.82) is 0 Å². The Bertz CT molecular complexity index is 588. The second-order valence-corrected chi connectivity index (χ2v) is 5.11. The molecule has 20 heavy (non-hydrogen) atoms. The standard InChI is InChI=1S/C18H20O2/c1-13-9-10-17(14(2)11-13)12-20-15(3)18(19)16-7-5-4-6-8-16/h4-11,15H,12H2,1-3H3. The minimum absolute atomic E-state index is 0.0235. The minimum Gasteiger partial charge on any atom is -0.366 e. The molecule has 2 aromatic carbocycles. The van der Waals surface area contributed by atoms with Gasteiger partial charge in [-0.25, -0.2) is 0 Å². The Balaban J connectivity index is 1.98. The second-order valence-electron chi connectivity index (χ2n) is 5.11. The minimum atomic E-state index is -0.432. The number of aryl methyl sites for hydroxylation is 2. The van der Waals surface area contributed by atoms with Gasteiger partial charge in [0.15, 0.2) is 5.78 Å². The first kappa shape index (κ1) is 14.5. The molecular formula is C18H20O2. The number of rotatable bonds is 5. The number of ketones is 1. The van der Waals surface area contributed by atoms with E-state index in [0.717, 1.165) is 5.56 Å². The molecule has 2 heteroatoms. The average Bonchev–Trinajstić information content (AvgIpc) is 2.46. The van der Waals surface area contributed by atoms with Gasteiger partial charge in [-0.15, -0.1) is 0 Å². The van der Waals surface area contributed by atoms with E-state index in [9.17, 15) is 4.79 Å². The van der Waals surface area contributed by atoms with Crippen LogP contribution in [0.4, 0.5) is 0 Å². The summed E-state index contributed by atoms with van der Waals surface area (Å²) in [5.41, 5.74) is 4.26. The summed E-state index contributed by atoms with van der Waals surface area (Å²) in [7, 11) is 0. The van der Waals surface area contributed by atoms with Gasteiger partial charge < -0.3 is 4.74 Å². The smallest absolute Gasteiger partial charge is 0.191 e. The first-order valence-corrected chi connectivity index (χ1v) is 6.85. The molecule has 0 aliphatic rings. The molecule has 0 spiro atoms. The summed E-state index contributed by atoms with van der Waals surface area (Å²) in [4.78, 5) is 12.2. The fourth-order valence-electron chi connectivity index (χ4n) is 2.14. The fraction of sp³-hybridized carbons (Fsp3) is 0.278. The maximum Gasteiger partial charge on any atom is 0.191 e. The van der Waals surface area contributed by atoms with Crippen molar-refractivity contribution in [2.45, 2.75) is 33.5 Å². The molecule has 0 aromatic heterocycles. The van der Waals surface area contributed by atoms with Gasteiger partial charge in [-0.05, 0) is 31.9 Å². The molecule has 0 heterocycles.